The fourth-order valence-corrected chi connectivity index (χ4v) is 3.80. The maximum Gasteiger partial charge on any atom is 0.359 e. The van der Waals surface area contributed by atoms with Crippen molar-refractivity contribution in [3.05, 3.63) is 35.9 Å². The number of rotatable bonds is 8. The summed E-state index contributed by atoms with van der Waals surface area (Å²) in [5.41, 5.74) is 1.09. The standard InChI is InChI=1S/C15H25O4P/c1-12(2)18-20(17,19-13(3)4)15(16)11-10-14-8-6-5-7-9-14/h5-9,12-13,15-16H,10-11H2,1-4H3/t15-/m0/s1. The Morgan fingerprint density at radius 3 is 2.00 bits per heavy atom. The van der Waals surface area contributed by atoms with Crippen molar-refractivity contribution in [1.82, 2.24) is 0 Å². The smallest absolute Gasteiger partial charge is 0.359 e. The van der Waals surface area contributed by atoms with Gasteiger partial charge in [-0.15, -0.1) is 0 Å². The molecule has 0 unspecified atom stereocenters. The number of benzene rings is 1. The lowest BCUT2D eigenvalue weighted by atomic mass is 10.1. The minimum atomic E-state index is -3.50. The second kappa shape index (κ2) is 7.94. The first-order valence-corrected chi connectivity index (χ1v) is 8.63. The maximum atomic E-state index is 12.7. The lowest BCUT2D eigenvalue weighted by Gasteiger charge is -2.26. The van der Waals surface area contributed by atoms with Gasteiger partial charge in [-0.2, -0.15) is 0 Å². The largest absolute Gasteiger partial charge is 0.380 e. The van der Waals surface area contributed by atoms with Crippen LogP contribution in [0.25, 0.3) is 0 Å². The van der Waals surface area contributed by atoms with Gasteiger partial charge in [0, 0.05) is 0 Å². The summed E-state index contributed by atoms with van der Waals surface area (Å²) in [6.07, 6.45) is 0.465. The molecule has 1 rings (SSSR count). The first-order valence-electron chi connectivity index (χ1n) is 7.02. The number of hydrogen-bond donors (Lipinski definition) is 1. The summed E-state index contributed by atoms with van der Waals surface area (Å²) in [7, 11) is -3.50. The van der Waals surface area contributed by atoms with Crippen LogP contribution in [0.5, 0.6) is 0 Å². The van der Waals surface area contributed by atoms with Crippen LogP contribution in [0.15, 0.2) is 30.3 Å². The third-order valence-corrected chi connectivity index (χ3v) is 5.03. The Morgan fingerprint density at radius 2 is 1.55 bits per heavy atom. The maximum absolute atomic E-state index is 12.7. The first kappa shape index (κ1) is 17.4. The van der Waals surface area contributed by atoms with Crippen molar-refractivity contribution in [2.24, 2.45) is 0 Å². The molecule has 0 amide bonds. The molecule has 0 aliphatic carbocycles. The molecule has 114 valence electrons. The average molecular weight is 300 g/mol. The van der Waals surface area contributed by atoms with Crippen molar-refractivity contribution >= 4 is 7.60 Å². The molecule has 0 spiro atoms. The van der Waals surface area contributed by atoms with E-state index in [0.717, 1.165) is 5.56 Å². The molecule has 1 N–H and O–H groups in total. The highest BCUT2D eigenvalue weighted by molar-refractivity contribution is 7.54. The molecule has 0 aromatic heterocycles. The monoisotopic (exact) mass is 300 g/mol. The van der Waals surface area contributed by atoms with E-state index in [-0.39, 0.29) is 12.2 Å². The van der Waals surface area contributed by atoms with E-state index in [9.17, 15) is 9.67 Å². The van der Waals surface area contributed by atoms with Gasteiger partial charge in [0.1, 0.15) is 0 Å². The summed E-state index contributed by atoms with van der Waals surface area (Å²) in [4.78, 5) is 0. The predicted molar refractivity (Wildman–Crippen MR) is 80.8 cm³/mol. The third kappa shape index (κ3) is 5.76. The highest BCUT2D eigenvalue weighted by atomic mass is 31.2. The van der Waals surface area contributed by atoms with Crippen molar-refractivity contribution in [2.75, 3.05) is 0 Å². The number of aliphatic hydroxyl groups is 1. The highest BCUT2D eigenvalue weighted by Crippen LogP contribution is 2.55. The molecule has 0 aliphatic heterocycles. The van der Waals surface area contributed by atoms with Crippen LogP contribution >= 0.6 is 7.60 Å². The molecule has 0 saturated heterocycles. The molecule has 4 nitrogen and oxygen atoms in total. The van der Waals surface area contributed by atoms with Crippen LogP contribution in [0.1, 0.15) is 39.7 Å². The van der Waals surface area contributed by atoms with Gasteiger partial charge in [0.25, 0.3) is 0 Å². The van der Waals surface area contributed by atoms with E-state index >= 15 is 0 Å². The fraction of sp³-hybridized carbons (Fsp3) is 0.600. The van der Waals surface area contributed by atoms with E-state index < -0.39 is 13.4 Å². The van der Waals surface area contributed by atoms with Gasteiger partial charge < -0.3 is 14.2 Å². The van der Waals surface area contributed by atoms with Crippen LogP contribution in [-0.2, 0) is 20.0 Å². The number of aryl methyl sites for hydroxylation is 1. The summed E-state index contributed by atoms with van der Waals surface area (Å²) in [6, 6.07) is 9.77. The molecule has 0 aliphatic rings. The van der Waals surface area contributed by atoms with Gasteiger partial charge in [-0.05, 0) is 46.1 Å². The molecule has 0 saturated carbocycles. The normalized spacial score (nSPS) is 13.9. The van der Waals surface area contributed by atoms with E-state index in [4.69, 9.17) is 9.05 Å². The minimum absolute atomic E-state index is 0.258. The summed E-state index contributed by atoms with van der Waals surface area (Å²) >= 11 is 0. The van der Waals surface area contributed by atoms with Crippen LogP contribution < -0.4 is 0 Å². The number of aliphatic hydroxyl groups excluding tert-OH is 1. The molecule has 0 heterocycles. The number of hydrogen-bond acceptors (Lipinski definition) is 4. The van der Waals surface area contributed by atoms with Crippen LogP contribution in [0.3, 0.4) is 0 Å². The van der Waals surface area contributed by atoms with Crippen molar-refractivity contribution in [2.45, 2.75) is 58.6 Å². The van der Waals surface area contributed by atoms with Gasteiger partial charge in [0.15, 0.2) is 5.85 Å². The molecular weight excluding hydrogens is 275 g/mol. The van der Waals surface area contributed by atoms with Gasteiger partial charge in [0.05, 0.1) is 12.2 Å². The van der Waals surface area contributed by atoms with E-state index in [1.807, 2.05) is 30.3 Å². The molecule has 1 aromatic carbocycles. The summed E-state index contributed by atoms with van der Waals surface area (Å²) in [6.45, 7) is 7.11. The lowest BCUT2D eigenvalue weighted by molar-refractivity contribution is 0.0983. The minimum Gasteiger partial charge on any atom is -0.380 e. The van der Waals surface area contributed by atoms with Crippen molar-refractivity contribution < 1.29 is 18.7 Å². The van der Waals surface area contributed by atoms with Crippen LogP contribution in [0.2, 0.25) is 0 Å². The van der Waals surface area contributed by atoms with Gasteiger partial charge in [0.2, 0.25) is 0 Å². The Labute approximate surface area is 121 Å². The van der Waals surface area contributed by atoms with Gasteiger partial charge in [-0.1, -0.05) is 30.3 Å². The molecule has 0 radical (unpaired) electrons. The van der Waals surface area contributed by atoms with Crippen molar-refractivity contribution in [1.29, 1.82) is 0 Å². The Bertz CT molecular complexity index is 417. The zero-order valence-corrected chi connectivity index (χ0v) is 13.5. The van der Waals surface area contributed by atoms with Gasteiger partial charge in [-0.25, -0.2) is 0 Å². The summed E-state index contributed by atoms with van der Waals surface area (Å²) < 4.78 is 23.4. The van der Waals surface area contributed by atoms with Gasteiger partial charge in [-0.3, -0.25) is 4.57 Å². The van der Waals surface area contributed by atoms with Crippen LogP contribution in [0.4, 0.5) is 0 Å². The Morgan fingerprint density at radius 1 is 1.05 bits per heavy atom. The highest BCUT2D eigenvalue weighted by Gasteiger charge is 2.36. The summed E-state index contributed by atoms with van der Waals surface area (Å²) in [5.74, 6) is -1.10. The molecule has 5 heteroatoms. The van der Waals surface area contributed by atoms with Crippen LogP contribution in [-0.4, -0.2) is 23.2 Å². The molecule has 0 bridgehead atoms. The van der Waals surface area contributed by atoms with E-state index in [1.165, 1.54) is 0 Å². The van der Waals surface area contributed by atoms with Crippen molar-refractivity contribution in [3.63, 3.8) is 0 Å². The molecule has 1 aromatic rings. The fourth-order valence-electron chi connectivity index (χ4n) is 1.85. The third-order valence-electron chi connectivity index (χ3n) is 2.61. The Kier molecular flexibility index (Phi) is 6.90. The lowest BCUT2D eigenvalue weighted by Crippen LogP contribution is -2.18. The van der Waals surface area contributed by atoms with Crippen LogP contribution in [0, 0.1) is 0 Å². The second-order valence-electron chi connectivity index (χ2n) is 5.35. The zero-order valence-electron chi connectivity index (χ0n) is 12.7. The molecule has 1 atom stereocenters. The second-order valence-corrected chi connectivity index (χ2v) is 7.45. The SMILES string of the molecule is CC(C)OP(=O)(OC(C)C)[C@H](O)CCc1ccccc1. The Hall–Kier alpha value is -0.670. The molecular formula is C15H25O4P. The molecule has 20 heavy (non-hydrogen) atoms. The topological polar surface area (TPSA) is 55.8 Å². The summed E-state index contributed by atoms with van der Waals surface area (Å²) in [5, 5.41) is 10.2. The molecule has 0 fully saturated rings. The predicted octanol–water partition coefficient (Wildman–Crippen LogP) is 3.98. The van der Waals surface area contributed by atoms with E-state index in [1.54, 1.807) is 27.7 Å². The average Bonchev–Trinajstić information content (AvgIpc) is 2.35. The van der Waals surface area contributed by atoms with Crippen molar-refractivity contribution in [3.8, 4) is 0 Å². The van der Waals surface area contributed by atoms with E-state index in [0.29, 0.717) is 12.8 Å². The van der Waals surface area contributed by atoms with E-state index in [2.05, 4.69) is 0 Å². The first-order chi connectivity index (χ1) is 9.33. The Balaban J connectivity index is 2.68. The quantitative estimate of drug-likeness (QED) is 0.738. The van der Waals surface area contributed by atoms with Gasteiger partial charge >= 0.3 is 7.60 Å². The zero-order chi connectivity index (χ0) is 15.2.